The Bertz CT molecular complexity index is 532. The molecule has 0 bridgehead atoms. The fourth-order valence-corrected chi connectivity index (χ4v) is 1.77. The highest BCUT2D eigenvalue weighted by atomic mass is 35.5. The van der Waals surface area contributed by atoms with Crippen LogP contribution >= 0.6 is 11.6 Å². The Hall–Kier alpha value is -1.88. The highest BCUT2D eigenvalue weighted by Gasteiger charge is 2.10. The summed E-state index contributed by atoms with van der Waals surface area (Å²) in [5.41, 5.74) is 0.933. The van der Waals surface area contributed by atoms with Crippen LogP contribution in [0.1, 0.15) is 25.6 Å². The van der Waals surface area contributed by atoms with E-state index in [1.54, 1.807) is 12.4 Å². The third kappa shape index (κ3) is 3.54. The molecule has 5 nitrogen and oxygen atoms in total. The van der Waals surface area contributed by atoms with Gasteiger partial charge in [0.15, 0.2) is 5.82 Å². The minimum Gasteiger partial charge on any atom is -0.361 e. The summed E-state index contributed by atoms with van der Waals surface area (Å²) in [7, 11) is 0. The quantitative estimate of drug-likeness (QED) is 0.879. The lowest BCUT2D eigenvalue weighted by Gasteiger charge is -2.15. The first-order valence-electron chi connectivity index (χ1n) is 6.14. The monoisotopic (exact) mass is 277 g/mol. The molecule has 0 spiro atoms. The molecule has 0 saturated heterocycles. The van der Waals surface area contributed by atoms with Crippen LogP contribution in [0.5, 0.6) is 0 Å². The van der Waals surface area contributed by atoms with Gasteiger partial charge in [-0.1, -0.05) is 17.7 Å². The van der Waals surface area contributed by atoms with E-state index in [1.807, 2.05) is 32.0 Å². The van der Waals surface area contributed by atoms with Crippen molar-refractivity contribution >= 4 is 23.4 Å². The lowest BCUT2D eigenvalue weighted by molar-refractivity contribution is 0.830. The Morgan fingerprint density at radius 2 is 2.16 bits per heavy atom. The van der Waals surface area contributed by atoms with Gasteiger partial charge in [-0.3, -0.25) is 4.98 Å². The molecule has 100 valence electrons. The van der Waals surface area contributed by atoms with E-state index in [-0.39, 0.29) is 6.04 Å². The Labute approximate surface area is 117 Å². The third-order valence-corrected chi connectivity index (χ3v) is 2.84. The van der Waals surface area contributed by atoms with E-state index in [4.69, 9.17) is 11.6 Å². The van der Waals surface area contributed by atoms with Crippen LogP contribution in [0.15, 0.2) is 30.6 Å². The summed E-state index contributed by atoms with van der Waals surface area (Å²) in [5, 5.41) is 6.78. The second kappa shape index (κ2) is 6.33. The molecule has 0 saturated carbocycles. The SMILES string of the molecule is CCNc1ncc(Cl)c(NC(C)c2ccccn2)n1. The van der Waals surface area contributed by atoms with E-state index in [2.05, 4.69) is 25.6 Å². The number of nitrogens with zero attached hydrogens (tertiary/aromatic N) is 3. The summed E-state index contributed by atoms with van der Waals surface area (Å²) in [6, 6.07) is 5.81. The van der Waals surface area contributed by atoms with E-state index in [1.165, 1.54) is 0 Å². The molecule has 0 aromatic carbocycles. The van der Waals surface area contributed by atoms with Crippen LogP contribution in [0.2, 0.25) is 5.02 Å². The molecule has 0 fully saturated rings. The van der Waals surface area contributed by atoms with E-state index < -0.39 is 0 Å². The Morgan fingerprint density at radius 1 is 1.32 bits per heavy atom. The van der Waals surface area contributed by atoms with Gasteiger partial charge in [-0.05, 0) is 26.0 Å². The summed E-state index contributed by atoms with van der Waals surface area (Å²) in [5.74, 6) is 1.16. The van der Waals surface area contributed by atoms with Crippen LogP contribution in [-0.2, 0) is 0 Å². The lowest BCUT2D eigenvalue weighted by Crippen LogP contribution is -2.11. The zero-order valence-corrected chi connectivity index (χ0v) is 11.6. The molecule has 2 N–H and O–H groups in total. The molecule has 1 unspecified atom stereocenters. The first-order chi connectivity index (χ1) is 9.20. The highest BCUT2D eigenvalue weighted by molar-refractivity contribution is 6.32. The van der Waals surface area contributed by atoms with Crippen molar-refractivity contribution in [3.63, 3.8) is 0 Å². The topological polar surface area (TPSA) is 62.7 Å². The predicted octanol–water partition coefficient (Wildman–Crippen LogP) is 3.13. The average molecular weight is 278 g/mol. The van der Waals surface area contributed by atoms with Crippen LogP contribution < -0.4 is 10.6 Å². The van der Waals surface area contributed by atoms with E-state index in [0.717, 1.165) is 12.2 Å². The van der Waals surface area contributed by atoms with Gasteiger partial charge < -0.3 is 10.6 Å². The van der Waals surface area contributed by atoms with Gasteiger partial charge in [0, 0.05) is 12.7 Å². The molecular formula is C13H16ClN5. The van der Waals surface area contributed by atoms with Crippen LogP contribution in [0.3, 0.4) is 0 Å². The molecule has 0 aliphatic rings. The summed E-state index contributed by atoms with van der Waals surface area (Å²) in [4.78, 5) is 12.7. The number of pyridine rings is 1. The number of rotatable bonds is 5. The maximum atomic E-state index is 6.09. The van der Waals surface area contributed by atoms with Crippen molar-refractivity contribution < 1.29 is 0 Å². The molecular weight excluding hydrogens is 262 g/mol. The van der Waals surface area contributed by atoms with E-state index in [9.17, 15) is 0 Å². The van der Waals surface area contributed by atoms with Gasteiger partial charge >= 0.3 is 0 Å². The average Bonchev–Trinajstić information content (AvgIpc) is 2.44. The number of halogens is 1. The van der Waals surface area contributed by atoms with Crippen molar-refractivity contribution in [2.45, 2.75) is 19.9 Å². The second-order valence-corrected chi connectivity index (χ2v) is 4.45. The molecule has 6 heteroatoms. The number of aromatic nitrogens is 3. The molecule has 0 radical (unpaired) electrons. The zero-order chi connectivity index (χ0) is 13.7. The van der Waals surface area contributed by atoms with Gasteiger partial charge in [0.05, 0.1) is 17.9 Å². The second-order valence-electron chi connectivity index (χ2n) is 4.04. The minimum absolute atomic E-state index is 0.0167. The lowest BCUT2D eigenvalue weighted by atomic mass is 10.2. The van der Waals surface area contributed by atoms with Crippen molar-refractivity contribution in [1.82, 2.24) is 15.0 Å². The fourth-order valence-electron chi connectivity index (χ4n) is 1.62. The van der Waals surface area contributed by atoms with Gasteiger partial charge in [0.1, 0.15) is 5.02 Å². The maximum absolute atomic E-state index is 6.09. The molecule has 19 heavy (non-hydrogen) atoms. The smallest absolute Gasteiger partial charge is 0.224 e. The minimum atomic E-state index is 0.0167. The van der Waals surface area contributed by atoms with Gasteiger partial charge in [-0.2, -0.15) is 4.98 Å². The van der Waals surface area contributed by atoms with E-state index in [0.29, 0.717) is 16.8 Å². The molecule has 2 rings (SSSR count). The Kier molecular flexibility index (Phi) is 4.52. The first kappa shape index (κ1) is 13.5. The zero-order valence-electron chi connectivity index (χ0n) is 10.9. The highest BCUT2D eigenvalue weighted by Crippen LogP contribution is 2.23. The van der Waals surface area contributed by atoms with Gasteiger partial charge in [-0.25, -0.2) is 4.98 Å². The number of hydrogen-bond acceptors (Lipinski definition) is 5. The molecule has 0 aliphatic carbocycles. The Morgan fingerprint density at radius 3 is 2.84 bits per heavy atom. The number of hydrogen-bond donors (Lipinski definition) is 2. The maximum Gasteiger partial charge on any atom is 0.224 e. The summed E-state index contributed by atoms with van der Waals surface area (Å²) in [6.07, 6.45) is 3.35. The number of anilines is 2. The largest absolute Gasteiger partial charge is 0.361 e. The third-order valence-electron chi connectivity index (χ3n) is 2.56. The standard InChI is InChI=1S/C13H16ClN5/c1-3-15-13-17-8-10(14)12(19-13)18-9(2)11-6-4-5-7-16-11/h4-9H,3H2,1-2H3,(H2,15,17,18,19). The summed E-state index contributed by atoms with van der Waals surface area (Å²) in [6.45, 7) is 4.76. The Balaban J connectivity index is 2.16. The molecule has 0 amide bonds. The first-order valence-corrected chi connectivity index (χ1v) is 6.52. The van der Waals surface area contributed by atoms with Crippen LogP contribution in [0.25, 0.3) is 0 Å². The van der Waals surface area contributed by atoms with Crippen LogP contribution in [0.4, 0.5) is 11.8 Å². The molecule has 2 heterocycles. The summed E-state index contributed by atoms with van der Waals surface area (Å²) < 4.78 is 0. The van der Waals surface area contributed by atoms with Crippen molar-refractivity contribution in [1.29, 1.82) is 0 Å². The normalized spacial score (nSPS) is 11.9. The van der Waals surface area contributed by atoms with Gasteiger partial charge in [0.25, 0.3) is 0 Å². The van der Waals surface area contributed by atoms with Gasteiger partial charge in [0.2, 0.25) is 5.95 Å². The van der Waals surface area contributed by atoms with Gasteiger partial charge in [-0.15, -0.1) is 0 Å². The summed E-state index contributed by atoms with van der Waals surface area (Å²) >= 11 is 6.09. The van der Waals surface area contributed by atoms with Crippen molar-refractivity contribution in [2.24, 2.45) is 0 Å². The molecule has 2 aromatic rings. The van der Waals surface area contributed by atoms with Crippen molar-refractivity contribution in [2.75, 3.05) is 17.2 Å². The predicted molar refractivity (Wildman–Crippen MR) is 77.5 cm³/mol. The van der Waals surface area contributed by atoms with Crippen molar-refractivity contribution in [3.05, 3.63) is 41.3 Å². The number of nitrogens with one attached hydrogen (secondary N) is 2. The molecule has 2 aromatic heterocycles. The molecule has 0 aliphatic heterocycles. The van der Waals surface area contributed by atoms with Crippen molar-refractivity contribution in [3.8, 4) is 0 Å². The molecule has 1 atom stereocenters. The fraction of sp³-hybridized carbons (Fsp3) is 0.308. The van der Waals surface area contributed by atoms with Crippen LogP contribution in [0, 0.1) is 0 Å². The van der Waals surface area contributed by atoms with E-state index >= 15 is 0 Å². The van der Waals surface area contributed by atoms with Crippen LogP contribution in [-0.4, -0.2) is 21.5 Å².